The highest BCUT2D eigenvalue weighted by atomic mass is 16.5. The van der Waals surface area contributed by atoms with Gasteiger partial charge in [0.05, 0.1) is 12.6 Å². The first kappa shape index (κ1) is 11.0. The molecule has 86 valence electrons. The van der Waals surface area contributed by atoms with Crippen LogP contribution in [0, 0.1) is 0 Å². The summed E-state index contributed by atoms with van der Waals surface area (Å²) < 4.78 is 10.8. The van der Waals surface area contributed by atoms with E-state index in [1.54, 1.807) is 7.11 Å². The summed E-state index contributed by atoms with van der Waals surface area (Å²) in [4.78, 5) is 6.40. The minimum Gasteiger partial charge on any atom is -0.423 e. The van der Waals surface area contributed by atoms with Crippen molar-refractivity contribution in [2.45, 2.75) is 13.0 Å². The molecule has 0 aliphatic heterocycles. The van der Waals surface area contributed by atoms with Gasteiger partial charge in [-0.25, -0.2) is 0 Å². The Hall–Kier alpha value is -1.55. The number of methoxy groups -OCH3 is 1. The van der Waals surface area contributed by atoms with Crippen molar-refractivity contribution < 1.29 is 9.15 Å². The summed E-state index contributed by atoms with van der Waals surface area (Å²) in [6.07, 6.45) is 0. The van der Waals surface area contributed by atoms with Crippen LogP contribution in [0.5, 0.6) is 0 Å². The first-order valence-corrected chi connectivity index (χ1v) is 5.29. The monoisotopic (exact) mass is 220 g/mol. The molecule has 0 fully saturated rings. The highest BCUT2D eigenvalue weighted by Crippen LogP contribution is 2.21. The summed E-state index contributed by atoms with van der Waals surface area (Å²) in [5.74, 6) is 0. The summed E-state index contributed by atoms with van der Waals surface area (Å²) in [6, 6.07) is 8.62. The molecule has 0 radical (unpaired) electrons. The molecule has 0 N–H and O–H groups in total. The summed E-state index contributed by atoms with van der Waals surface area (Å²) >= 11 is 0. The van der Waals surface area contributed by atoms with E-state index in [-0.39, 0.29) is 6.04 Å². The van der Waals surface area contributed by atoms with Gasteiger partial charge in [-0.3, -0.25) is 0 Å². The van der Waals surface area contributed by atoms with Gasteiger partial charge < -0.3 is 14.1 Å². The molecule has 1 aromatic heterocycles. The second-order valence-electron chi connectivity index (χ2n) is 3.88. The number of benzene rings is 1. The molecule has 1 heterocycles. The van der Waals surface area contributed by atoms with Crippen LogP contribution in [0.25, 0.3) is 11.1 Å². The van der Waals surface area contributed by atoms with Gasteiger partial charge in [-0.2, -0.15) is 4.98 Å². The summed E-state index contributed by atoms with van der Waals surface area (Å²) in [5, 5.41) is 0. The number of likely N-dealkylation sites (N-methyl/N-ethyl adjacent to an activating group) is 1. The molecule has 0 spiro atoms. The topological polar surface area (TPSA) is 38.5 Å². The first-order chi connectivity index (χ1) is 7.72. The SMILES string of the molecule is COCC(C)N(C)c1nc2ccccc2o1. The third-order valence-electron chi connectivity index (χ3n) is 2.65. The minimum atomic E-state index is 0.234. The van der Waals surface area contributed by atoms with Crippen LogP contribution >= 0.6 is 0 Å². The van der Waals surface area contributed by atoms with Crippen molar-refractivity contribution in [3.63, 3.8) is 0 Å². The predicted octanol–water partition coefficient (Wildman–Crippen LogP) is 2.30. The fourth-order valence-corrected chi connectivity index (χ4v) is 1.55. The molecule has 0 aliphatic carbocycles. The maximum Gasteiger partial charge on any atom is 0.298 e. The molecule has 0 saturated heterocycles. The maximum atomic E-state index is 5.66. The minimum absolute atomic E-state index is 0.234. The van der Waals surface area contributed by atoms with E-state index in [0.717, 1.165) is 11.1 Å². The van der Waals surface area contributed by atoms with E-state index in [9.17, 15) is 0 Å². The van der Waals surface area contributed by atoms with Gasteiger partial charge >= 0.3 is 0 Å². The van der Waals surface area contributed by atoms with E-state index in [2.05, 4.69) is 11.9 Å². The smallest absolute Gasteiger partial charge is 0.298 e. The fraction of sp³-hybridized carbons (Fsp3) is 0.417. The normalized spacial score (nSPS) is 12.9. The zero-order chi connectivity index (χ0) is 11.5. The van der Waals surface area contributed by atoms with Crippen molar-refractivity contribution in [3.05, 3.63) is 24.3 Å². The number of ether oxygens (including phenoxy) is 1. The van der Waals surface area contributed by atoms with Gasteiger partial charge in [0.25, 0.3) is 6.01 Å². The van der Waals surface area contributed by atoms with Gasteiger partial charge in [0.2, 0.25) is 0 Å². The molecule has 4 nitrogen and oxygen atoms in total. The van der Waals surface area contributed by atoms with Crippen LogP contribution in [-0.4, -0.2) is 31.8 Å². The molecule has 16 heavy (non-hydrogen) atoms. The Morgan fingerprint density at radius 2 is 2.19 bits per heavy atom. The molecule has 2 rings (SSSR count). The number of nitrogens with zero attached hydrogens (tertiary/aromatic N) is 2. The van der Waals surface area contributed by atoms with E-state index in [0.29, 0.717) is 12.6 Å². The number of anilines is 1. The highest BCUT2D eigenvalue weighted by Gasteiger charge is 2.15. The summed E-state index contributed by atoms with van der Waals surface area (Å²) in [6.45, 7) is 2.72. The van der Waals surface area contributed by atoms with Crippen molar-refractivity contribution in [2.75, 3.05) is 25.7 Å². The molecule has 1 unspecified atom stereocenters. The van der Waals surface area contributed by atoms with Crippen LogP contribution in [0.3, 0.4) is 0 Å². The van der Waals surface area contributed by atoms with Gasteiger partial charge in [-0.05, 0) is 19.1 Å². The van der Waals surface area contributed by atoms with Crippen molar-refractivity contribution in [2.24, 2.45) is 0 Å². The van der Waals surface area contributed by atoms with Gasteiger partial charge in [0.1, 0.15) is 5.52 Å². The van der Waals surface area contributed by atoms with Crippen LogP contribution in [0.1, 0.15) is 6.92 Å². The molecule has 0 bridgehead atoms. The molecule has 4 heteroatoms. The maximum absolute atomic E-state index is 5.66. The summed E-state index contributed by atoms with van der Waals surface area (Å²) in [7, 11) is 3.64. The Kier molecular flexibility index (Phi) is 3.10. The van der Waals surface area contributed by atoms with E-state index >= 15 is 0 Å². The van der Waals surface area contributed by atoms with Crippen LogP contribution < -0.4 is 4.90 Å². The molecule has 0 saturated carbocycles. The number of para-hydroxylation sites is 2. The third-order valence-corrected chi connectivity index (χ3v) is 2.65. The first-order valence-electron chi connectivity index (χ1n) is 5.29. The molecule has 1 aromatic carbocycles. The molecule has 0 amide bonds. The van der Waals surface area contributed by atoms with Crippen molar-refractivity contribution in [1.29, 1.82) is 0 Å². The lowest BCUT2D eigenvalue weighted by molar-refractivity contribution is 0.182. The lowest BCUT2D eigenvalue weighted by Gasteiger charge is -2.21. The number of oxazole rings is 1. The number of aromatic nitrogens is 1. The molecular formula is C12H16N2O2. The average Bonchev–Trinajstić information content (AvgIpc) is 2.71. The molecule has 1 atom stereocenters. The molecule has 0 aliphatic rings. The van der Waals surface area contributed by atoms with Crippen molar-refractivity contribution in [3.8, 4) is 0 Å². The quantitative estimate of drug-likeness (QED) is 0.792. The highest BCUT2D eigenvalue weighted by molar-refractivity contribution is 5.74. The lowest BCUT2D eigenvalue weighted by atomic mass is 10.3. The molecule has 2 aromatic rings. The number of hydrogen-bond acceptors (Lipinski definition) is 4. The Balaban J connectivity index is 2.26. The van der Waals surface area contributed by atoms with Crippen LogP contribution in [0.15, 0.2) is 28.7 Å². The van der Waals surface area contributed by atoms with Crippen LogP contribution in [-0.2, 0) is 4.74 Å². The Morgan fingerprint density at radius 1 is 1.44 bits per heavy atom. The van der Waals surface area contributed by atoms with Gasteiger partial charge in [0, 0.05) is 14.2 Å². The second-order valence-corrected chi connectivity index (χ2v) is 3.88. The van der Waals surface area contributed by atoms with Crippen molar-refractivity contribution in [1.82, 2.24) is 4.98 Å². The fourth-order valence-electron chi connectivity index (χ4n) is 1.55. The van der Waals surface area contributed by atoms with Gasteiger partial charge in [-0.15, -0.1) is 0 Å². The van der Waals surface area contributed by atoms with Crippen LogP contribution in [0.4, 0.5) is 6.01 Å². The van der Waals surface area contributed by atoms with Crippen molar-refractivity contribution >= 4 is 17.1 Å². The standard InChI is InChI=1S/C12H16N2O2/c1-9(8-15-3)14(2)12-13-10-6-4-5-7-11(10)16-12/h4-7,9H,8H2,1-3H3. The zero-order valence-corrected chi connectivity index (χ0v) is 9.80. The Morgan fingerprint density at radius 3 is 2.88 bits per heavy atom. The van der Waals surface area contributed by atoms with E-state index in [4.69, 9.17) is 9.15 Å². The second kappa shape index (κ2) is 4.53. The van der Waals surface area contributed by atoms with E-state index < -0.39 is 0 Å². The van der Waals surface area contributed by atoms with E-state index in [1.807, 2.05) is 36.2 Å². The average molecular weight is 220 g/mol. The van der Waals surface area contributed by atoms with Crippen LogP contribution in [0.2, 0.25) is 0 Å². The van der Waals surface area contributed by atoms with E-state index in [1.165, 1.54) is 0 Å². The number of fused-ring (bicyclic) bond motifs is 1. The molecular weight excluding hydrogens is 204 g/mol. The number of rotatable bonds is 4. The zero-order valence-electron chi connectivity index (χ0n) is 9.80. The van der Waals surface area contributed by atoms with Gasteiger partial charge in [-0.1, -0.05) is 12.1 Å². The third kappa shape index (κ3) is 2.02. The Labute approximate surface area is 94.8 Å². The largest absolute Gasteiger partial charge is 0.423 e. The van der Waals surface area contributed by atoms with Gasteiger partial charge in [0.15, 0.2) is 5.58 Å². The lowest BCUT2D eigenvalue weighted by Crippen LogP contribution is -2.32. The number of hydrogen-bond donors (Lipinski definition) is 0. The predicted molar refractivity (Wildman–Crippen MR) is 63.8 cm³/mol. The summed E-state index contributed by atoms with van der Waals surface area (Å²) in [5.41, 5.74) is 1.70. The Bertz CT molecular complexity index is 434.